The van der Waals surface area contributed by atoms with Gasteiger partial charge in [-0.05, 0) is 17.7 Å². The van der Waals surface area contributed by atoms with E-state index in [1.165, 1.54) is 0 Å². The van der Waals surface area contributed by atoms with E-state index in [1.54, 1.807) is 0 Å². The minimum atomic E-state index is -2.00. The summed E-state index contributed by atoms with van der Waals surface area (Å²) in [5.41, 5.74) is 0.974. The van der Waals surface area contributed by atoms with Gasteiger partial charge in [0.25, 0.3) is 7.63 Å². The van der Waals surface area contributed by atoms with Crippen molar-refractivity contribution in [3.05, 3.63) is 35.9 Å². The van der Waals surface area contributed by atoms with Gasteiger partial charge in [-0.1, -0.05) is 36.8 Å². The molecule has 3 nitrogen and oxygen atoms in total. The molecule has 0 unspecified atom stereocenters. The van der Waals surface area contributed by atoms with E-state index in [2.05, 4.69) is 0 Å². The van der Waals surface area contributed by atoms with Gasteiger partial charge in [0, 0.05) is 0 Å². The highest BCUT2D eigenvalue weighted by molar-refractivity contribution is 7.18. The quantitative estimate of drug-likeness (QED) is 0.469. The molecule has 0 bridgehead atoms. The van der Waals surface area contributed by atoms with Crippen LogP contribution >= 0.6 is 11.1 Å². The molecule has 92 valence electrons. The first-order valence-electron chi connectivity index (χ1n) is 5.70. The summed E-state index contributed by atoms with van der Waals surface area (Å²) < 4.78 is 10.5. The first-order valence-corrected chi connectivity index (χ1v) is 9.04. The Hall–Kier alpha value is -0.843. The van der Waals surface area contributed by atoms with E-state index in [9.17, 15) is 4.79 Å². The van der Waals surface area contributed by atoms with Gasteiger partial charge in [-0.25, -0.2) is 4.79 Å². The van der Waals surface area contributed by atoms with Gasteiger partial charge in [0.1, 0.15) is 13.2 Å². The summed E-state index contributed by atoms with van der Waals surface area (Å²) >= 11 is 6.18. The lowest BCUT2D eigenvalue weighted by Gasteiger charge is -2.31. The fourth-order valence-corrected chi connectivity index (χ4v) is 4.11. The van der Waals surface area contributed by atoms with Crippen LogP contribution in [-0.4, -0.2) is 20.2 Å². The third-order valence-corrected chi connectivity index (χ3v) is 7.11. The van der Waals surface area contributed by atoms with E-state index in [0.29, 0.717) is 6.61 Å². The maximum atomic E-state index is 11.4. The van der Waals surface area contributed by atoms with Crippen molar-refractivity contribution in [2.45, 2.75) is 25.1 Å². The molecule has 1 fully saturated rings. The van der Waals surface area contributed by atoms with Crippen molar-refractivity contribution < 1.29 is 14.0 Å². The van der Waals surface area contributed by atoms with Gasteiger partial charge < -0.3 is 9.16 Å². The van der Waals surface area contributed by atoms with Crippen molar-refractivity contribution in [3.8, 4) is 0 Å². The Morgan fingerprint density at radius 1 is 1.29 bits per heavy atom. The Kier molecular flexibility index (Phi) is 4.20. The topological polar surface area (TPSA) is 35.5 Å². The van der Waals surface area contributed by atoms with Gasteiger partial charge in [-0.15, -0.1) is 11.1 Å². The van der Waals surface area contributed by atoms with Crippen LogP contribution in [0.2, 0.25) is 12.1 Å². The minimum absolute atomic E-state index is 0.0114. The highest BCUT2D eigenvalue weighted by Crippen LogP contribution is 2.36. The van der Waals surface area contributed by atoms with Crippen molar-refractivity contribution in [1.82, 2.24) is 0 Å². The second kappa shape index (κ2) is 5.66. The summed E-state index contributed by atoms with van der Waals surface area (Å²) in [7, 11) is -2.00. The first-order chi connectivity index (χ1) is 8.18. The predicted molar refractivity (Wildman–Crippen MR) is 68.0 cm³/mol. The Morgan fingerprint density at radius 2 is 2.00 bits per heavy atom. The molecule has 0 atom stereocenters. The lowest BCUT2D eigenvalue weighted by atomic mass is 10.2. The fourth-order valence-electron chi connectivity index (χ4n) is 1.57. The van der Waals surface area contributed by atoms with E-state index >= 15 is 0 Å². The third kappa shape index (κ3) is 3.83. The van der Waals surface area contributed by atoms with Gasteiger partial charge in [0.05, 0.1) is 0 Å². The molecule has 1 aliphatic heterocycles. The molecule has 17 heavy (non-hydrogen) atoms. The summed E-state index contributed by atoms with van der Waals surface area (Å²) in [5, 5.41) is 0. The van der Waals surface area contributed by atoms with Gasteiger partial charge in [0.15, 0.2) is 0 Å². The molecule has 1 aliphatic rings. The standard InChI is InChI=1S/C12H15ClO3Si/c13-17(7-4-8-17)16-10-12(14)15-9-11-5-2-1-3-6-11/h1-3,5-6H,4,7-10H2. The highest BCUT2D eigenvalue weighted by Gasteiger charge is 2.40. The molecular formula is C12H15ClO3Si. The number of hydrogen-bond acceptors (Lipinski definition) is 3. The van der Waals surface area contributed by atoms with Crippen LogP contribution in [0.15, 0.2) is 30.3 Å². The van der Waals surface area contributed by atoms with Crippen LogP contribution in [0.1, 0.15) is 12.0 Å². The molecule has 1 saturated heterocycles. The second-order valence-corrected chi connectivity index (χ2v) is 9.29. The zero-order chi connectivity index (χ0) is 12.1. The van der Waals surface area contributed by atoms with E-state index in [4.69, 9.17) is 20.2 Å². The average Bonchev–Trinajstić information content (AvgIpc) is 2.33. The number of rotatable bonds is 5. The highest BCUT2D eigenvalue weighted by atomic mass is 35.6. The minimum Gasteiger partial charge on any atom is -0.459 e. The molecule has 0 aliphatic carbocycles. The van der Waals surface area contributed by atoms with E-state index in [-0.39, 0.29) is 12.6 Å². The van der Waals surface area contributed by atoms with E-state index in [0.717, 1.165) is 24.1 Å². The van der Waals surface area contributed by atoms with Gasteiger partial charge in [0.2, 0.25) is 0 Å². The number of carbonyl (C=O) groups is 1. The molecule has 2 rings (SSSR count). The molecule has 0 N–H and O–H groups in total. The van der Waals surface area contributed by atoms with Crippen LogP contribution in [0.5, 0.6) is 0 Å². The molecule has 1 heterocycles. The summed E-state index contributed by atoms with van der Waals surface area (Å²) in [4.78, 5) is 11.4. The third-order valence-electron chi connectivity index (χ3n) is 2.79. The summed E-state index contributed by atoms with van der Waals surface area (Å²) in [5.74, 6) is -0.340. The zero-order valence-electron chi connectivity index (χ0n) is 9.52. The van der Waals surface area contributed by atoms with Crippen LogP contribution in [-0.2, 0) is 20.6 Å². The first kappa shape index (κ1) is 12.6. The molecule has 1 aromatic rings. The number of esters is 1. The lowest BCUT2D eigenvalue weighted by Crippen LogP contribution is -2.40. The van der Waals surface area contributed by atoms with Gasteiger partial charge >= 0.3 is 5.97 Å². The van der Waals surface area contributed by atoms with Crippen LogP contribution in [0, 0.1) is 0 Å². The maximum Gasteiger partial charge on any atom is 0.331 e. The molecule has 5 heteroatoms. The molecule has 0 spiro atoms. The number of ether oxygens (including phenoxy) is 1. The maximum absolute atomic E-state index is 11.4. The van der Waals surface area contributed by atoms with E-state index in [1.807, 2.05) is 30.3 Å². The Bertz CT molecular complexity index is 379. The van der Waals surface area contributed by atoms with Gasteiger partial charge in [-0.2, -0.15) is 0 Å². The fraction of sp³-hybridized carbons (Fsp3) is 0.417. The number of halogens is 1. The van der Waals surface area contributed by atoms with Crippen LogP contribution in [0.4, 0.5) is 0 Å². The molecule has 0 amide bonds. The van der Waals surface area contributed by atoms with E-state index < -0.39 is 7.63 Å². The molecule has 0 aromatic heterocycles. The monoisotopic (exact) mass is 270 g/mol. The number of benzene rings is 1. The summed E-state index contributed by atoms with van der Waals surface area (Å²) in [6.07, 6.45) is 1.12. The lowest BCUT2D eigenvalue weighted by molar-refractivity contribution is -0.147. The summed E-state index contributed by atoms with van der Waals surface area (Å²) in [6.45, 7) is 0.280. The van der Waals surface area contributed by atoms with Crippen LogP contribution in [0.3, 0.4) is 0 Å². The largest absolute Gasteiger partial charge is 0.459 e. The smallest absolute Gasteiger partial charge is 0.331 e. The van der Waals surface area contributed by atoms with Crippen molar-refractivity contribution in [2.75, 3.05) is 6.61 Å². The van der Waals surface area contributed by atoms with Gasteiger partial charge in [-0.3, -0.25) is 0 Å². The SMILES string of the molecule is O=C(CO[Si]1(Cl)CCC1)OCc1ccccc1. The predicted octanol–water partition coefficient (Wildman–Crippen LogP) is 2.83. The molecule has 0 saturated carbocycles. The van der Waals surface area contributed by atoms with Crippen molar-refractivity contribution in [2.24, 2.45) is 0 Å². The zero-order valence-corrected chi connectivity index (χ0v) is 11.3. The normalized spacial score (nSPS) is 17.2. The number of carbonyl (C=O) groups excluding carboxylic acids is 1. The second-order valence-electron chi connectivity index (χ2n) is 4.17. The molecule has 1 aromatic carbocycles. The van der Waals surface area contributed by atoms with Crippen molar-refractivity contribution in [1.29, 1.82) is 0 Å². The Labute approximate surface area is 107 Å². The molecular weight excluding hydrogens is 256 g/mol. The number of hydrogen-bond donors (Lipinski definition) is 0. The van der Waals surface area contributed by atoms with Crippen LogP contribution in [0.25, 0.3) is 0 Å². The summed E-state index contributed by atoms with van der Waals surface area (Å²) in [6, 6.07) is 11.5. The Morgan fingerprint density at radius 3 is 2.59 bits per heavy atom. The molecule has 0 radical (unpaired) electrons. The van der Waals surface area contributed by atoms with Crippen molar-refractivity contribution >= 4 is 24.7 Å². The van der Waals surface area contributed by atoms with Crippen molar-refractivity contribution in [3.63, 3.8) is 0 Å². The van der Waals surface area contributed by atoms with Crippen LogP contribution < -0.4 is 0 Å². The Balaban J connectivity index is 1.67. The average molecular weight is 271 g/mol.